The van der Waals surface area contributed by atoms with Crippen molar-refractivity contribution < 1.29 is 18.3 Å². The van der Waals surface area contributed by atoms with Gasteiger partial charge < -0.3 is 10.0 Å². The van der Waals surface area contributed by atoms with Crippen LogP contribution >= 0.6 is 15.9 Å². The van der Waals surface area contributed by atoms with Crippen LogP contribution in [0.3, 0.4) is 0 Å². The molecule has 1 fully saturated rings. The number of nitrogens with zero attached hydrogens (tertiary/aromatic N) is 1. The lowest BCUT2D eigenvalue weighted by Crippen LogP contribution is -2.26. The summed E-state index contributed by atoms with van der Waals surface area (Å²) in [5.41, 5.74) is 0.931. The molecule has 7 heteroatoms. The molecule has 1 saturated heterocycles. The summed E-state index contributed by atoms with van der Waals surface area (Å²) in [5, 5.41) is 9.04. The molecule has 0 saturated carbocycles. The summed E-state index contributed by atoms with van der Waals surface area (Å²) in [6.45, 7) is 1.02. The first-order valence-corrected chi connectivity index (χ1v) is 8.48. The zero-order chi connectivity index (χ0) is 14.0. The SMILES string of the molecule is O=C(O)c1cc(Br)cc(N2CCCS(=O)(=O)CC2)c1. The molecule has 1 aromatic rings. The summed E-state index contributed by atoms with van der Waals surface area (Å²) in [4.78, 5) is 12.9. The van der Waals surface area contributed by atoms with Gasteiger partial charge >= 0.3 is 5.97 Å². The van der Waals surface area contributed by atoms with Gasteiger partial charge in [0.25, 0.3) is 0 Å². The largest absolute Gasteiger partial charge is 0.478 e. The van der Waals surface area contributed by atoms with E-state index in [0.717, 1.165) is 5.69 Å². The lowest BCUT2D eigenvalue weighted by Gasteiger charge is -2.22. The van der Waals surface area contributed by atoms with Crippen LogP contribution in [0.2, 0.25) is 0 Å². The average molecular weight is 348 g/mol. The standard InChI is InChI=1S/C12H14BrNO4S/c13-10-6-9(12(15)16)7-11(8-10)14-2-1-4-19(17,18)5-3-14/h6-8H,1-5H2,(H,15,16). The number of carbonyl (C=O) groups is 1. The van der Waals surface area contributed by atoms with Crippen molar-refractivity contribution in [3.05, 3.63) is 28.2 Å². The molecule has 1 aromatic carbocycles. The number of benzene rings is 1. The van der Waals surface area contributed by atoms with E-state index in [2.05, 4.69) is 15.9 Å². The Morgan fingerprint density at radius 1 is 1.21 bits per heavy atom. The first kappa shape index (κ1) is 14.3. The normalized spacial score (nSPS) is 18.9. The maximum Gasteiger partial charge on any atom is 0.335 e. The molecule has 1 aliphatic rings. The van der Waals surface area contributed by atoms with E-state index >= 15 is 0 Å². The summed E-state index contributed by atoms with van der Waals surface area (Å²) in [5.74, 6) is -0.685. The zero-order valence-corrected chi connectivity index (χ0v) is 12.6. The third-order valence-electron chi connectivity index (χ3n) is 3.05. The van der Waals surface area contributed by atoms with Crippen molar-refractivity contribution in [3.63, 3.8) is 0 Å². The van der Waals surface area contributed by atoms with Crippen LogP contribution in [-0.2, 0) is 9.84 Å². The minimum Gasteiger partial charge on any atom is -0.478 e. The van der Waals surface area contributed by atoms with Gasteiger partial charge in [0.15, 0.2) is 9.84 Å². The molecule has 0 unspecified atom stereocenters. The second-order valence-electron chi connectivity index (χ2n) is 4.50. The van der Waals surface area contributed by atoms with Gasteiger partial charge in [-0.25, -0.2) is 13.2 Å². The minimum absolute atomic E-state index is 0.113. The molecule has 0 aromatic heterocycles. The van der Waals surface area contributed by atoms with Gasteiger partial charge in [-0.2, -0.15) is 0 Å². The lowest BCUT2D eigenvalue weighted by atomic mass is 10.2. The summed E-state index contributed by atoms with van der Waals surface area (Å²) in [7, 11) is -2.97. The summed E-state index contributed by atoms with van der Waals surface area (Å²) in [6.07, 6.45) is 0.567. The molecule has 2 rings (SSSR count). The molecule has 19 heavy (non-hydrogen) atoms. The monoisotopic (exact) mass is 347 g/mol. The Morgan fingerprint density at radius 3 is 2.63 bits per heavy atom. The quantitative estimate of drug-likeness (QED) is 0.882. The molecule has 1 heterocycles. The second kappa shape index (κ2) is 5.50. The maximum atomic E-state index is 11.6. The summed E-state index contributed by atoms with van der Waals surface area (Å²) >= 11 is 3.28. The predicted molar refractivity (Wildman–Crippen MR) is 76.6 cm³/mol. The van der Waals surface area contributed by atoms with Crippen molar-refractivity contribution in [2.75, 3.05) is 29.5 Å². The van der Waals surface area contributed by atoms with Crippen molar-refractivity contribution in [1.29, 1.82) is 0 Å². The topological polar surface area (TPSA) is 74.7 Å². The van der Waals surface area contributed by atoms with Gasteiger partial charge in [0.1, 0.15) is 0 Å². The number of sulfone groups is 1. The number of anilines is 1. The Kier molecular flexibility index (Phi) is 4.15. The highest BCUT2D eigenvalue weighted by molar-refractivity contribution is 9.10. The Balaban J connectivity index is 2.29. The van der Waals surface area contributed by atoms with Crippen molar-refractivity contribution in [2.24, 2.45) is 0 Å². The lowest BCUT2D eigenvalue weighted by molar-refractivity contribution is 0.0697. The Bertz CT molecular complexity index is 600. The van der Waals surface area contributed by atoms with E-state index in [-0.39, 0.29) is 17.1 Å². The Labute approximate surface area is 120 Å². The fourth-order valence-electron chi connectivity index (χ4n) is 2.08. The van der Waals surface area contributed by atoms with E-state index in [1.165, 1.54) is 6.07 Å². The van der Waals surface area contributed by atoms with Crippen molar-refractivity contribution in [1.82, 2.24) is 0 Å². The van der Waals surface area contributed by atoms with E-state index in [9.17, 15) is 13.2 Å². The van der Waals surface area contributed by atoms with Gasteiger partial charge in [-0.3, -0.25) is 0 Å². The molecule has 0 spiro atoms. The number of hydrogen-bond acceptors (Lipinski definition) is 4. The molecular formula is C12H14BrNO4S. The third kappa shape index (κ3) is 3.70. The molecular weight excluding hydrogens is 334 g/mol. The number of aromatic carboxylic acids is 1. The van der Waals surface area contributed by atoms with Gasteiger partial charge in [-0.1, -0.05) is 15.9 Å². The Morgan fingerprint density at radius 2 is 1.95 bits per heavy atom. The Hall–Kier alpha value is -1.08. The maximum absolute atomic E-state index is 11.6. The summed E-state index contributed by atoms with van der Waals surface area (Å²) < 4.78 is 23.8. The van der Waals surface area contributed by atoms with E-state index < -0.39 is 15.8 Å². The average Bonchev–Trinajstić information content (AvgIpc) is 2.49. The number of carboxylic acids is 1. The van der Waals surface area contributed by atoms with Crippen LogP contribution in [0.4, 0.5) is 5.69 Å². The predicted octanol–water partition coefficient (Wildman–Crippen LogP) is 1.77. The van der Waals surface area contributed by atoms with E-state index in [1.807, 2.05) is 11.0 Å². The smallest absolute Gasteiger partial charge is 0.335 e. The molecule has 1 N–H and O–H groups in total. The minimum atomic E-state index is -2.97. The van der Waals surface area contributed by atoms with Crippen LogP contribution in [0.25, 0.3) is 0 Å². The van der Waals surface area contributed by atoms with Crippen LogP contribution in [0.5, 0.6) is 0 Å². The van der Waals surface area contributed by atoms with E-state index in [1.54, 1.807) is 6.07 Å². The van der Waals surface area contributed by atoms with Crippen LogP contribution in [0, 0.1) is 0 Å². The fourth-order valence-corrected chi connectivity index (χ4v) is 3.83. The molecule has 0 aliphatic carbocycles. The van der Waals surface area contributed by atoms with Crippen LogP contribution in [-0.4, -0.2) is 44.1 Å². The number of hydrogen-bond donors (Lipinski definition) is 1. The van der Waals surface area contributed by atoms with Gasteiger partial charge in [0, 0.05) is 23.2 Å². The molecule has 0 atom stereocenters. The van der Waals surface area contributed by atoms with Crippen LogP contribution in [0.1, 0.15) is 16.8 Å². The summed E-state index contributed by atoms with van der Waals surface area (Å²) in [6, 6.07) is 4.91. The second-order valence-corrected chi connectivity index (χ2v) is 7.71. The van der Waals surface area contributed by atoms with Crippen LogP contribution < -0.4 is 4.90 Å². The molecule has 0 bridgehead atoms. The van der Waals surface area contributed by atoms with Crippen LogP contribution in [0.15, 0.2) is 22.7 Å². The van der Waals surface area contributed by atoms with Crippen molar-refractivity contribution in [3.8, 4) is 0 Å². The number of carboxylic acid groups (broad SMARTS) is 1. The molecule has 104 valence electrons. The first-order valence-electron chi connectivity index (χ1n) is 5.87. The molecule has 0 amide bonds. The third-order valence-corrected chi connectivity index (χ3v) is 5.22. The first-order chi connectivity index (χ1) is 8.87. The van der Waals surface area contributed by atoms with E-state index in [0.29, 0.717) is 24.0 Å². The fraction of sp³-hybridized carbons (Fsp3) is 0.417. The number of rotatable bonds is 2. The van der Waals surface area contributed by atoms with E-state index in [4.69, 9.17) is 5.11 Å². The van der Waals surface area contributed by atoms with Gasteiger partial charge in [0.2, 0.25) is 0 Å². The van der Waals surface area contributed by atoms with Gasteiger partial charge in [-0.05, 0) is 24.6 Å². The van der Waals surface area contributed by atoms with Crippen molar-refractivity contribution in [2.45, 2.75) is 6.42 Å². The highest BCUT2D eigenvalue weighted by Gasteiger charge is 2.20. The molecule has 0 radical (unpaired) electrons. The highest BCUT2D eigenvalue weighted by atomic mass is 79.9. The van der Waals surface area contributed by atoms with Gasteiger partial charge in [-0.15, -0.1) is 0 Å². The van der Waals surface area contributed by atoms with Gasteiger partial charge in [0.05, 0.1) is 17.1 Å². The van der Waals surface area contributed by atoms with Crippen molar-refractivity contribution >= 4 is 37.4 Å². The number of halogens is 1. The molecule has 1 aliphatic heterocycles. The highest BCUT2D eigenvalue weighted by Crippen LogP contribution is 2.24. The zero-order valence-electron chi connectivity index (χ0n) is 10.2. The molecule has 5 nitrogen and oxygen atoms in total.